The summed E-state index contributed by atoms with van der Waals surface area (Å²) in [5, 5.41) is 10.4. The van der Waals surface area contributed by atoms with Gasteiger partial charge in [-0.15, -0.1) is 11.6 Å². The highest BCUT2D eigenvalue weighted by atomic mass is 35.5. The Bertz CT molecular complexity index is 633. The molecular weight excluding hydrogens is 293 g/mol. The number of benzene rings is 2. The van der Waals surface area contributed by atoms with E-state index in [2.05, 4.69) is 0 Å². The average Bonchev–Trinajstić information content (AvgIpc) is 2.47. The van der Waals surface area contributed by atoms with Crippen LogP contribution in [0.5, 0.6) is 0 Å². The van der Waals surface area contributed by atoms with E-state index >= 15 is 0 Å². The third-order valence-electron chi connectivity index (χ3n) is 3.38. The van der Waals surface area contributed by atoms with Crippen LogP contribution in [0.15, 0.2) is 48.5 Å². The first-order valence-corrected chi connectivity index (χ1v) is 7.04. The van der Waals surface area contributed by atoms with Crippen LogP contribution in [0.3, 0.4) is 0 Å². The fraction of sp³-hybridized carbons (Fsp3) is 0.250. The van der Waals surface area contributed by atoms with Crippen molar-refractivity contribution < 1.29 is 9.31 Å². The molecule has 2 rings (SSSR count). The highest BCUT2D eigenvalue weighted by molar-refractivity contribution is 6.21. The lowest BCUT2D eigenvalue weighted by atomic mass is 9.93. The van der Waals surface area contributed by atoms with E-state index < -0.39 is 16.4 Å². The molecule has 0 bridgehead atoms. The minimum atomic E-state index is -0.810. The van der Waals surface area contributed by atoms with Crippen LogP contribution in [0, 0.1) is 21.8 Å². The predicted molar refractivity (Wildman–Crippen MR) is 81.0 cm³/mol. The summed E-state index contributed by atoms with van der Waals surface area (Å²) in [5.41, 5.74) is 1.21. The Balaban J connectivity index is 2.11. The first-order chi connectivity index (χ1) is 9.99. The Morgan fingerprint density at radius 2 is 1.90 bits per heavy atom. The zero-order valence-corrected chi connectivity index (χ0v) is 12.3. The second-order valence-corrected chi connectivity index (χ2v) is 5.51. The fourth-order valence-electron chi connectivity index (χ4n) is 2.27. The van der Waals surface area contributed by atoms with Gasteiger partial charge in [0.15, 0.2) is 0 Å². The number of hydrogen-bond acceptors (Lipinski definition) is 2. The smallest absolute Gasteiger partial charge is 0.258 e. The van der Waals surface area contributed by atoms with E-state index in [0.717, 1.165) is 5.56 Å². The van der Waals surface area contributed by atoms with Crippen molar-refractivity contribution in [2.24, 2.45) is 5.92 Å². The highest BCUT2D eigenvalue weighted by Gasteiger charge is 2.19. The van der Waals surface area contributed by atoms with Gasteiger partial charge in [-0.2, -0.15) is 4.39 Å². The van der Waals surface area contributed by atoms with E-state index in [1.165, 1.54) is 12.1 Å². The first-order valence-electron chi connectivity index (χ1n) is 6.61. The summed E-state index contributed by atoms with van der Waals surface area (Å²) in [6.07, 6.45) is 0.554. The Kier molecular flexibility index (Phi) is 4.91. The molecule has 0 saturated heterocycles. The molecule has 0 aliphatic heterocycles. The van der Waals surface area contributed by atoms with Gasteiger partial charge in [-0.3, -0.25) is 10.1 Å². The van der Waals surface area contributed by atoms with Gasteiger partial charge in [0.2, 0.25) is 5.82 Å². The van der Waals surface area contributed by atoms with Crippen LogP contribution in [0.2, 0.25) is 0 Å². The normalized spacial score (nSPS) is 13.7. The van der Waals surface area contributed by atoms with Gasteiger partial charge in [0.1, 0.15) is 0 Å². The molecule has 2 atom stereocenters. The molecule has 0 aromatic heterocycles. The van der Waals surface area contributed by atoms with Gasteiger partial charge in [-0.05, 0) is 29.5 Å². The maximum atomic E-state index is 13.6. The van der Waals surface area contributed by atoms with Crippen LogP contribution in [-0.4, -0.2) is 4.92 Å². The molecule has 2 aromatic carbocycles. The molecule has 110 valence electrons. The SMILES string of the molecule is CC(Cc1ccc([N+](=O)[O-])c(F)c1)C(Cl)c1ccccc1. The number of nitro benzene ring substituents is 1. The van der Waals surface area contributed by atoms with Gasteiger partial charge in [-0.1, -0.05) is 43.3 Å². The summed E-state index contributed by atoms with van der Waals surface area (Å²) in [7, 11) is 0. The second-order valence-electron chi connectivity index (χ2n) is 5.04. The molecule has 0 fully saturated rings. The maximum absolute atomic E-state index is 13.6. The number of nitrogens with zero attached hydrogens (tertiary/aromatic N) is 1. The highest BCUT2D eigenvalue weighted by Crippen LogP contribution is 2.31. The third kappa shape index (κ3) is 3.79. The van der Waals surface area contributed by atoms with Crippen LogP contribution in [0.25, 0.3) is 0 Å². The molecule has 0 saturated carbocycles. The van der Waals surface area contributed by atoms with Gasteiger partial charge < -0.3 is 0 Å². The molecule has 0 spiro atoms. The third-order valence-corrected chi connectivity index (χ3v) is 4.07. The second kappa shape index (κ2) is 6.68. The van der Waals surface area contributed by atoms with Crippen LogP contribution < -0.4 is 0 Å². The molecule has 21 heavy (non-hydrogen) atoms. The quantitative estimate of drug-likeness (QED) is 0.448. The molecule has 0 N–H and O–H groups in total. The molecule has 0 amide bonds. The number of hydrogen-bond donors (Lipinski definition) is 0. The van der Waals surface area contributed by atoms with Gasteiger partial charge >= 0.3 is 5.69 Å². The zero-order valence-electron chi connectivity index (χ0n) is 11.5. The number of rotatable bonds is 5. The van der Waals surface area contributed by atoms with Crippen molar-refractivity contribution in [2.75, 3.05) is 0 Å². The Morgan fingerprint density at radius 3 is 2.48 bits per heavy atom. The molecule has 0 aliphatic rings. The van der Waals surface area contributed by atoms with Crippen LogP contribution in [0.1, 0.15) is 23.4 Å². The molecule has 3 nitrogen and oxygen atoms in total. The van der Waals surface area contributed by atoms with Gasteiger partial charge in [0.05, 0.1) is 10.3 Å². The maximum Gasteiger partial charge on any atom is 0.304 e. The Hall–Kier alpha value is -1.94. The summed E-state index contributed by atoms with van der Waals surface area (Å²) in [5.74, 6) is -0.731. The number of nitro groups is 1. The van der Waals surface area contributed by atoms with E-state index in [0.29, 0.717) is 12.0 Å². The molecule has 5 heteroatoms. The Labute approximate surface area is 127 Å². The van der Waals surface area contributed by atoms with Crippen molar-refractivity contribution in [1.29, 1.82) is 0 Å². The van der Waals surface area contributed by atoms with E-state index in [1.54, 1.807) is 6.07 Å². The van der Waals surface area contributed by atoms with E-state index in [-0.39, 0.29) is 11.3 Å². The predicted octanol–water partition coefficient (Wildman–Crippen LogP) is 4.89. The molecule has 0 heterocycles. The first kappa shape index (κ1) is 15.4. The van der Waals surface area contributed by atoms with Gasteiger partial charge in [-0.25, -0.2) is 0 Å². The van der Waals surface area contributed by atoms with Gasteiger partial charge in [0, 0.05) is 6.07 Å². The number of halogens is 2. The van der Waals surface area contributed by atoms with Crippen molar-refractivity contribution in [3.8, 4) is 0 Å². The van der Waals surface area contributed by atoms with Crippen LogP contribution in [0.4, 0.5) is 10.1 Å². The lowest BCUT2D eigenvalue weighted by Crippen LogP contribution is -2.08. The molecule has 0 radical (unpaired) electrons. The largest absolute Gasteiger partial charge is 0.304 e. The summed E-state index contributed by atoms with van der Waals surface area (Å²) >= 11 is 6.43. The minimum absolute atomic E-state index is 0.0786. The van der Waals surface area contributed by atoms with Crippen LogP contribution >= 0.6 is 11.6 Å². The van der Waals surface area contributed by atoms with E-state index in [9.17, 15) is 14.5 Å². The van der Waals surface area contributed by atoms with Crippen LogP contribution in [-0.2, 0) is 6.42 Å². The van der Waals surface area contributed by atoms with Crippen molar-refractivity contribution in [2.45, 2.75) is 18.7 Å². The van der Waals surface area contributed by atoms with E-state index in [1.807, 2.05) is 37.3 Å². The standard InChI is InChI=1S/C16H15ClFNO2/c1-11(16(17)13-5-3-2-4-6-13)9-12-7-8-15(19(20)21)14(18)10-12/h2-8,10-11,16H,9H2,1H3. The van der Waals surface area contributed by atoms with Crippen molar-refractivity contribution in [3.63, 3.8) is 0 Å². The minimum Gasteiger partial charge on any atom is -0.258 e. The molecule has 0 aliphatic carbocycles. The summed E-state index contributed by atoms with van der Waals surface area (Å²) in [6, 6.07) is 13.6. The average molecular weight is 308 g/mol. The lowest BCUT2D eigenvalue weighted by molar-refractivity contribution is -0.387. The Morgan fingerprint density at radius 1 is 1.24 bits per heavy atom. The summed E-state index contributed by atoms with van der Waals surface area (Å²) in [6.45, 7) is 1.98. The van der Waals surface area contributed by atoms with Crippen molar-refractivity contribution in [1.82, 2.24) is 0 Å². The summed E-state index contributed by atoms with van der Waals surface area (Å²) in [4.78, 5) is 9.87. The zero-order chi connectivity index (χ0) is 15.4. The monoisotopic (exact) mass is 307 g/mol. The fourth-order valence-corrected chi connectivity index (χ4v) is 2.50. The molecule has 2 unspecified atom stereocenters. The lowest BCUT2D eigenvalue weighted by Gasteiger charge is -2.18. The van der Waals surface area contributed by atoms with Gasteiger partial charge in [0.25, 0.3) is 0 Å². The molecule has 2 aromatic rings. The summed E-state index contributed by atoms with van der Waals surface area (Å²) < 4.78 is 13.6. The molecular formula is C16H15ClFNO2. The van der Waals surface area contributed by atoms with Crippen molar-refractivity contribution in [3.05, 3.63) is 75.6 Å². The van der Waals surface area contributed by atoms with Crippen molar-refractivity contribution >= 4 is 17.3 Å². The topological polar surface area (TPSA) is 43.1 Å². The number of alkyl halides is 1. The van der Waals surface area contributed by atoms with E-state index in [4.69, 9.17) is 11.6 Å².